The summed E-state index contributed by atoms with van der Waals surface area (Å²) in [5, 5.41) is 9.59. The van der Waals surface area contributed by atoms with Crippen molar-refractivity contribution in [3.05, 3.63) is 53.1 Å². The summed E-state index contributed by atoms with van der Waals surface area (Å²) in [4.78, 5) is 25.1. The van der Waals surface area contributed by atoms with E-state index < -0.39 is 17.4 Å². The van der Waals surface area contributed by atoms with Crippen LogP contribution in [0, 0.1) is 12.7 Å². The van der Waals surface area contributed by atoms with Gasteiger partial charge in [0, 0.05) is 24.7 Å². The van der Waals surface area contributed by atoms with E-state index in [-0.39, 0.29) is 18.2 Å². The van der Waals surface area contributed by atoms with Gasteiger partial charge in [0.1, 0.15) is 17.4 Å². The molecule has 0 spiro atoms. The van der Waals surface area contributed by atoms with Crippen molar-refractivity contribution in [3.63, 3.8) is 0 Å². The Morgan fingerprint density at radius 1 is 1.33 bits per heavy atom. The van der Waals surface area contributed by atoms with Crippen LogP contribution in [0.4, 0.5) is 4.39 Å². The van der Waals surface area contributed by atoms with E-state index in [1.165, 1.54) is 6.07 Å². The van der Waals surface area contributed by atoms with E-state index in [0.29, 0.717) is 11.1 Å². The molecular weight excluding hydrogens is 311 g/mol. The fourth-order valence-electron chi connectivity index (χ4n) is 2.92. The van der Waals surface area contributed by atoms with E-state index in [2.05, 4.69) is 15.7 Å². The minimum absolute atomic E-state index is 0.0794. The van der Waals surface area contributed by atoms with Gasteiger partial charge in [-0.25, -0.2) is 4.39 Å². The van der Waals surface area contributed by atoms with Crippen LogP contribution in [0.5, 0.6) is 0 Å². The van der Waals surface area contributed by atoms with Crippen LogP contribution in [0.2, 0.25) is 0 Å². The summed E-state index contributed by atoms with van der Waals surface area (Å²) in [6, 6.07) is 5.44. The molecule has 2 N–H and O–H groups in total. The zero-order valence-electron chi connectivity index (χ0n) is 13.8. The highest BCUT2D eigenvalue weighted by atomic mass is 19.1. The molecule has 1 aromatic carbocycles. The van der Waals surface area contributed by atoms with Gasteiger partial charge in [0.15, 0.2) is 0 Å². The van der Waals surface area contributed by atoms with Crippen LogP contribution in [0.1, 0.15) is 29.8 Å². The molecule has 2 heterocycles. The molecule has 2 unspecified atom stereocenters. The number of nitrogens with one attached hydrogen (secondary N) is 2. The molecule has 0 radical (unpaired) electrons. The summed E-state index contributed by atoms with van der Waals surface area (Å²) in [7, 11) is 1.77. The molecule has 0 bridgehead atoms. The molecular formula is C17H19FN4O2. The highest BCUT2D eigenvalue weighted by Crippen LogP contribution is 2.25. The smallest absolute Gasteiger partial charge is 0.248 e. The minimum Gasteiger partial charge on any atom is -0.340 e. The number of aromatic nitrogens is 2. The van der Waals surface area contributed by atoms with Crippen LogP contribution in [0.3, 0.4) is 0 Å². The molecule has 1 aliphatic heterocycles. The van der Waals surface area contributed by atoms with Crippen molar-refractivity contribution in [3.8, 4) is 0 Å². The number of piperazine rings is 1. The third-order valence-corrected chi connectivity index (χ3v) is 4.52. The van der Waals surface area contributed by atoms with Gasteiger partial charge < -0.3 is 10.6 Å². The van der Waals surface area contributed by atoms with Crippen molar-refractivity contribution in [2.24, 2.45) is 7.05 Å². The number of carbonyl (C=O) groups is 2. The monoisotopic (exact) mass is 330 g/mol. The fourth-order valence-corrected chi connectivity index (χ4v) is 2.92. The molecule has 24 heavy (non-hydrogen) atoms. The second-order valence-electron chi connectivity index (χ2n) is 6.30. The van der Waals surface area contributed by atoms with Crippen molar-refractivity contribution in [2.45, 2.75) is 31.8 Å². The van der Waals surface area contributed by atoms with Crippen molar-refractivity contribution in [1.82, 2.24) is 20.4 Å². The molecule has 7 heteroatoms. The van der Waals surface area contributed by atoms with Gasteiger partial charge in [-0.05, 0) is 25.5 Å². The Morgan fingerprint density at radius 3 is 2.67 bits per heavy atom. The molecule has 1 aliphatic rings. The van der Waals surface area contributed by atoms with Crippen LogP contribution in [-0.4, -0.2) is 27.1 Å². The summed E-state index contributed by atoms with van der Waals surface area (Å²) < 4.78 is 15.5. The minimum atomic E-state index is -1.20. The van der Waals surface area contributed by atoms with Gasteiger partial charge in [0.2, 0.25) is 11.8 Å². The Kier molecular flexibility index (Phi) is 3.87. The maximum atomic E-state index is 13.9. The lowest BCUT2D eigenvalue weighted by molar-refractivity contribution is -0.141. The third-order valence-electron chi connectivity index (χ3n) is 4.52. The van der Waals surface area contributed by atoms with Gasteiger partial charge in [0.05, 0.1) is 6.20 Å². The van der Waals surface area contributed by atoms with E-state index in [0.717, 1.165) is 5.69 Å². The molecule has 1 fully saturated rings. The van der Waals surface area contributed by atoms with Gasteiger partial charge in [-0.1, -0.05) is 18.2 Å². The van der Waals surface area contributed by atoms with E-state index in [9.17, 15) is 14.0 Å². The summed E-state index contributed by atoms with van der Waals surface area (Å²) in [5.74, 6) is -1.07. The maximum absolute atomic E-state index is 13.9. The molecule has 2 aromatic rings. The van der Waals surface area contributed by atoms with E-state index >= 15 is 0 Å². The Hall–Kier alpha value is -2.70. The molecule has 2 atom stereocenters. The molecule has 0 aliphatic carbocycles. The first kappa shape index (κ1) is 16.2. The van der Waals surface area contributed by atoms with Gasteiger partial charge in [0.25, 0.3) is 0 Å². The number of hydrogen-bond donors (Lipinski definition) is 2. The van der Waals surface area contributed by atoms with Gasteiger partial charge in [-0.3, -0.25) is 14.3 Å². The maximum Gasteiger partial charge on any atom is 0.248 e. The lowest BCUT2D eigenvalue weighted by atomic mass is 9.87. The zero-order chi connectivity index (χ0) is 17.5. The highest BCUT2D eigenvalue weighted by Gasteiger charge is 2.44. The molecule has 6 nitrogen and oxygen atoms in total. The van der Waals surface area contributed by atoms with E-state index in [1.54, 1.807) is 43.0 Å². The predicted octanol–water partition coefficient (Wildman–Crippen LogP) is 1.16. The molecule has 126 valence electrons. The number of rotatable bonds is 3. The molecule has 3 rings (SSSR count). The summed E-state index contributed by atoms with van der Waals surface area (Å²) >= 11 is 0. The largest absolute Gasteiger partial charge is 0.340 e. The van der Waals surface area contributed by atoms with Crippen LogP contribution >= 0.6 is 0 Å². The van der Waals surface area contributed by atoms with Crippen molar-refractivity contribution in [2.75, 3.05) is 0 Å². The molecule has 1 aromatic heterocycles. The molecule has 2 amide bonds. The Labute approximate surface area is 139 Å². The first-order chi connectivity index (χ1) is 11.3. The summed E-state index contributed by atoms with van der Waals surface area (Å²) in [6.45, 7) is 3.42. The van der Waals surface area contributed by atoms with Crippen LogP contribution in [0.15, 0.2) is 30.5 Å². The van der Waals surface area contributed by atoms with Crippen LogP contribution in [-0.2, 0) is 23.1 Å². The quantitative estimate of drug-likeness (QED) is 0.887. The molecule has 0 saturated carbocycles. The molecule has 1 saturated heterocycles. The van der Waals surface area contributed by atoms with Gasteiger partial charge in [-0.15, -0.1) is 0 Å². The fraction of sp³-hybridized carbons (Fsp3) is 0.353. The third kappa shape index (κ3) is 2.66. The van der Waals surface area contributed by atoms with Crippen molar-refractivity contribution in [1.29, 1.82) is 0 Å². The van der Waals surface area contributed by atoms with Gasteiger partial charge in [-0.2, -0.15) is 5.10 Å². The first-order valence-corrected chi connectivity index (χ1v) is 7.67. The number of nitrogens with zero attached hydrogens (tertiary/aromatic N) is 2. The van der Waals surface area contributed by atoms with E-state index in [1.807, 2.05) is 6.92 Å². The Balaban J connectivity index is 1.85. The van der Waals surface area contributed by atoms with Crippen LogP contribution < -0.4 is 10.6 Å². The summed E-state index contributed by atoms with van der Waals surface area (Å²) in [5.41, 5.74) is 0.627. The van der Waals surface area contributed by atoms with Crippen LogP contribution in [0.25, 0.3) is 0 Å². The number of carbonyl (C=O) groups excluding carboxylic acids is 2. The Morgan fingerprint density at radius 2 is 2.04 bits per heavy atom. The normalized spacial score (nSPS) is 23.8. The second kappa shape index (κ2) is 5.74. The predicted molar refractivity (Wildman–Crippen MR) is 85.5 cm³/mol. The van der Waals surface area contributed by atoms with Crippen molar-refractivity contribution < 1.29 is 14.0 Å². The standard InChI is InChI=1S/C17H19FN4O2/c1-10-12(9-19-22(10)3)14-15(23)21-17(2,16(24)20-14)8-11-6-4-5-7-13(11)18/h4-7,9,14H,8H2,1-3H3,(H,20,24)(H,21,23). The number of halogens is 1. The average molecular weight is 330 g/mol. The number of benzene rings is 1. The van der Waals surface area contributed by atoms with Crippen molar-refractivity contribution >= 4 is 11.8 Å². The topological polar surface area (TPSA) is 76.0 Å². The summed E-state index contributed by atoms with van der Waals surface area (Å²) in [6.07, 6.45) is 1.65. The number of amides is 2. The first-order valence-electron chi connectivity index (χ1n) is 7.67. The second-order valence-corrected chi connectivity index (χ2v) is 6.30. The SMILES string of the molecule is Cc1c(C2NC(=O)C(C)(Cc3ccccc3F)NC2=O)cnn1C. The average Bonchev–Trinajstić information content (AvgIpc) is 2.85. The highest BCUT2D eigenvalue weighted by molar-refractivity contribution is 6.00. The van der Waals surface area contributed by atoms with E-state index in [4.69, 9.17) is 0 Å². The Bertz CT molecular complexity index is 817. The lowest BCUT2D eigenvalue weighted by Gasteiger charge is -2.37. The lowest BCUT2D eigenvalue weighted by Crippen LogP contribution is -2.66. The van der Waals surface area contributed by atoms with Gasteiger partial charge >= 0.3 is 0 Å². The number of aryl methyl sites for hydroxylation is 1. The zero-order valence-corrected chi connectivity index (χ0v) is 13.8. The number of hydrogen-bond acceptors (Lipinski definition) is 3.